The van der Waals surface area contributed by atoms with Gasteiger partial charge in [-0.25, -0.2) is 0 Å². The summed E-state index contributed by atoms with van der Waals surface area (Å²) in [5.74, 6) is 2.19. The maximum Gasteiger partial charge on any atom is 0.188 e. The Labute approximate surface area is 80.8 Å². The molecule has 1 fully saturated rings. The lowest BCUT2D eigenvalue weighted by atomic mass is 9.80. The fourth-order valence-electron chi connectivity index (χ4n) is 2.01. The van der Waals surface area contributed by atoms with Gasteiger partial charge in [-0.3, -0.25) is 4.99 Å². The molecule has 3 N–H and O–H groups in total. The highest BCUT2D eigenvalue weighted by Crippen LogP contribution is 2.28. The summed E-state index contributed by atoms with van der Waals surface area (Å²) in [6, 6.07) is 0. The van der Waals surface area contributed by atoms with Crippen molar-refractivity contribution in [2.75, 3.05) is 13.6 Å². The van der Waals surface area contributed by atoms with E-state index in [9.17, 15) is 0 Å². The molecule has 0 aromatic carbocycles. The summed E-state index contributed by atoms with van der Waals surface area (Å²) in [5, 5.41) is 3.16. The summed E-state index contributed by atoms with van der Waals surface area (Å²) < 4.78 is 0. The fourth-order valence-corrected chi connectivity index (χ4v) is 2.01. The van der Waals surface area contributed by atoms with Crippen LogP contribution in [0.25, 0.3) is 0 Å². The number of rotatable bonds is 2. The van der Waals surface area contributed by atoms with Gasteiger partial charge in [0.05, 0.1) is 0 Å². The summed E-state index contributed by atoms with van der Waals surface area (Å²) in [6.45, 7) is 3.33. The number of nitrogens with one attached hydrogen (secondary N) is 1. The van der Waals surface area contributed by atoms with E-state index in [2.05, 4.69) is 17.2 Å². The van der Waals surface area contributed by atoms with Crippen LogP contribution in [0.5, 0.6) is 0 Å². The second kappa shape index (κ2) is 5.10. The Hall–Kier alpha value is -0.730. The maximum absolute atomic E-state index is 5.57. The van der Waals surface area contributed by atoms with Crippen molar-refractivity contribution in [3.05, 3.63) is 0 Å². The van der Waals surface area contributed by atoms with Gasteiger partial charge < -0.3 is 11.1 Å². The third kappa shape index (κ3) is 3.25. The molecule has 0 spiro atoms. The molecule has 13 heavy (non-hydrogen) atoms. The van der Waals surface area contributed by atoms with Crippen LogP contribution in [0, 0.1) is 11.8 Å². The maximum atomic E-state index is 5.57. The molecular weight excluding hydrogens is 162 g/mol. The van der Waals surface area contributed by atoms with Crippen molar-refractivity contribution in [1.82, 2.24) is 5.32 Å². The van der Waals surface area contributed by atoms with E-state index in [1.165, 1.54) is 25.7 Å². The average Bonchev–Trinajstić information content (AvgIpc) is 2.16. The molecule has 0 bridgehead atoms. The van der Waals surface area contributed by atoms with Gasteiger partial charge in [0.1, 0.15) is 0 Å². The predicted octanol–water partition coefficient (Wildman–Crippen LogP) is 1.35. The molecule has 2 atom stereocenters. The highest BCUT2D eigenvalue weighted by molar-refractivity contribution is 5.77. The van der Waals surface area contributed by atoms with Gasteiger partial charge in [-0.2, -0.15) is 0 Å². The number of nitrogens with zero attached hydrogens (tertiary/aromatic N) is 1. The lowest BCUT2D eigenvalue weighted by Crippen LogP contribution is -2.37. The van der Waals surface area contributed by atoms with Crippen LogP contribution in [0.1, 0.15) is 32.6 Å². The highest BCUT2D eigenvalue weighted by Gasteiger charge is 2.20. The van der Waals surface area contributed by atoms with Crippen molar-refractivity contribution in [3.63, 3.8) is 0 Å². The van der Waals surface area contributed by atoms with E-state index >= 15 is 0 Å². The summed E-state index contributed by atoms with van der Waals surface area (Å²) in [4.78, 5) is 3.88. The average molecular weight is 183 g/mol. The van der Waals surface area contributed by atoms with Gasteiger partial charge in [-0.15, -0.1) is 0 Å². The summed E-state index contributed by atoms with van der Waals surface area (Å²) >= 11 is 0. The van der Waals surface area contributed by atoms with E-state index in [0.717, 1.165) is 18.4 Å². The van der Waals surface area contributed by atoms with Crippen molar-refractivity contribution >= 4 is 5.96 Å². The van der Waals surface area contributed by atoms with E-state index in [0.29, 0.717) is 5.96 Å². The second-order valence-electron chi connectivity index (χ2n) is 4.01. The Morgan fingerprint density at radius 2 is 2.15 bits per heavy atom. The minimum absolute atomic E-state index is 0.567. The molecule has 1 aliphatic carbocycles. The Balaban J connectivity index is 2.26. The van der Waals surface area contributed by atoms with Crippen LogP contribution < -0.4 is 11.1 Å². The molecule has 0 aromatic rings. The SMILES string of the molecule is CN=C(N)NCC1CCCCC1C. The molecule has 0 amide bonds. The molecule has 76 valence electrons. The smallest absolute Gasteiger partial charge is 0.188 e. The molecular formula is C10H21N3. The fraction of sp³-hybridized carbons (Fsp3) is 0.900. The lowest BCUT2D eigenvalue weighted by Gasteiger charge is -2.28. The molecule has 1 saturated carbocycles. The zero-order valence-electron chi connectivity index (χ0n) is 8.71. The minimum Gasteiger partial charge on any atom is -0.370 e. The summed E-state index contributed by atoms with van der Waals surface area (Å²) in [6.07, 6.45) is 5.48. The molecule has 3 heteroatoms. The van der Waals surface area contributed by atoms with Crippen molar-refractivity contribution in [1.29, 1.82) is 0 Å². The Morgan fingerprint density at radius 3 is 2.77 bits per heavy atom. The largest absolute Gasteiger partial charge is 0.370 e. The van der Waals surface area contributed by atoms with Crippen LogP contribution in [0.4, 0.5) is 0 Å². The lowest BCUT2D eigenvalue weighted by molar-refractivity contribution is 0.256. The third-order valence-corrected chi connectivity index (χ3v) is 3.08. The Kier molecular flexibility index (Phi) is 4.06. The van der Waals surface area contributed by atoms with Gasteiger partial charge in [-0.1, -0.05) is 26.2 Å². The van der Waals surface area contributed by atoms with E-state index in [-0.39, 0.29) is 0 Å². The van der Waals surface area contributed by atoms with Crippen LogP contribution in [-0.4, -0.2) is 19.6 Å². The Bertz CT molecular complexity index is 177. The summed E-state index contributed by atoms with van der Waals surface area (Å²) in [7, 11) is 1.71. The van der Waals surface area contributed by atoms with E-state index in [1.807, 2.05) is 0 Å². The van der Waals surface area contributed by atoms with Crippen LogP contribution in [-0.2, 0) is 0 Å². The van der Waals surface area contributed by atoms with Gasteiger partial charge in [-0.05, 0) is 18.3 Å². The second-order valence-corrected chi connectivity index (χ2v) is 4.01. The van der Waals surface area contributed by atoms with Crippen LogP contribution >= 0.6 is 0 Å². The number of nitrogens with two attached hydrogens (primary N) is 1. The van der Waals surface area contributed by atoms with Crippen molar-refractivity contribution in [2.45, 2.75) is 32.6 Å². The first kappa shape index (κ1) is 10.4. The van der Waals surface area contributed by atoms with Gasteiger partial charge in [0.2, 0.25) is 0 Å². The van der Waals surface area contributed by atoms with Gasteiger partial charge in [0.15, 0.2) is 5.96 Å². The van der Waals surface area contributed by atoms with E-state index in [4.69, 9.17) is 5.73 Å². The molecule has 0 saturated heterocycles. The number of hydrogen-bond acceptors (Lipinski definition) is 1. The monoisotopic (exact) mass is 183 g/mol. The van der Waals surface area contributed by atoms with Crippen LogP contribution in [0.3, 0.4) is 0 Å². The summed E-state index contributed by atoms with van der Waals surface area (Å²) in [5.41, 5.74) is 5.57. The van der Waals surface area contributed by atoms with E-state index in [1.54, 1.807) is 7.05 Å². The molecule has 1 rings (SSSR count). The standard InChI is InChI=1S/C10H21N3/c1-8-5-3-4-6-9(8)7-13-10(11)12-2/h8-9H,3-7H2,1-2H3,(H3,11,12,13). The first-order valence-electron chi connectivity index (χ1n) is 5.20. The number of aliphatic imine (C=N–C) groups is 1. The van der Waals surface area contributed by atoms with Crippen molar-refractivity contribution in [3.8, 4) is 0 Å². The van der Waals surface area contributed by atoms with Crippen molar-refractivity contribution in [2.24, 2.45) is 22.6 Å². The zero-order valence-corrected chi connectivity index (χ0v) is 8.71. The number of hydrogen-bond donors (Lipinski definition) is 2. The molecule has 1 aliphatic rings. The highest BCUT2D eigenvalue weighted by atomic mass is 15.1. The van der Waals surface area contributed by atoms with E-state index < -0.39 is 0 Å². The van der Waals surface area contributed by atoms with Crippen LogP contribution in [0.2, 0.25) is 0 Å². The molecule has 2 unspecified atom stereocenters. The van der Waals surface area contributed by atoms with Crippen molar-refractivity contribution < 1.29 is 0 Å². The minimum atomic E-state index is 0.567. The molecule has 3 nitrogen and oxygen atoms in total. The van der Waals surface area contributed by atoms with Gasteiger partial charge in [0, 0.05) is 13.6 Å². The molecule has 0 aromatic heterocycles. The molecule has 0 radical (unpaired) electrons. The van der Waals surface area contributed by atoms with Gasteiger partial charge in [0.25, 0.3) is 0 Å². The first-order valence-corrected chi connectivity index (χ1v) is 5.20. The quantitative estimate of drug-likeness (QED) is 0.501. The molecule has 0 aliphatic heterocycles. The van der Waals surface area contributed by atoms with Crippen LogP contribution in [0.15, 0.2) is 4.99 Å². The molecule has 0 heterocycles. The Morgan fingerprint density at radius 1 is 1.46 bits per heavy atom. The zero-order chi connectivity index (χ0) is 9.68. The number of guanidine groups is 1. The first-order chi connectivity index (χ1) is 6.24. The topological polar surface area (TPSA) is 50.4 Å². The normalized spacial score (nSPS) is 30.2. The third-order valence-electron chi connectivity index (χ3n) is 3.08. The van der Waals surface area contributed by atoms with Gasteiger partial charge >= 0.3 is 0 Å². The predicted molar refractivity (Wildman–Crippen MR) is 56.7 cm³/mol.